The van der Waals surface area contributed by atoms with Gasteiger partial charge in [0, 0.05) is 12.8 Å². The standard InChI is InChI=1S/C15H13N5O2/c1-9(21)11-12(20-13(11)22)10-2-3-14(5-16,6-17)15(4-10,7-18)8-19/h2,9,11-12,21H,3-4H2,1H3,(H,20,22)/t9-,11-,12-/m1/s1. The molecule has 22 heavy (non-hydrogen) atoms. The van der Waals surface area contributed by atoms with Crippen molar-refractivity contribution >= 4 is 5.91 Å². The number of rotatable bonds is 2. The first-order valence-electron chi connectivity index (χ1n) is 6.72. The zero-order valence-electron chi connectivity index (χ0n) is 11.9. The third-order valence-corrected chi connectivity index (χ3v) is 4.51. The van der Waals surface area contributed by atoms with Gasteiger partial charge in [-0.2, -0.15) is 21.0 Å². The monoisotopic (exact) mass is 295 g/mol. The first-order chi connectivity index (χ1) is 10.4. The fraction of sp³-hybridized carbons (Fsp3) is 0.533. The molecule has 0 saturated carbocycles. The topological polar surface area (TPSA) is 144 Å². The van der Waals surface area contributed by atoms with E-state index in [0.29, 0.717) is 5.57 Å². The molecular formula is C15H13N5O2. The zero-order chi connectivity index (χ0) is 16.5. The minimum atomic E-state index is -1.79. The van der Waals surface area contributed by atoms with E-state index in [1.165, 1.54) is 6.92 Å². The van der Waals surface area contributed by atoms with Crippen LogP contribution in [0.15, 0.2) is 11.6 Å². The Labute approximate surface area is 127 Å². The fourth-order valence-corrected chi connectivity index (χ4v) is 3.04. The van der Waals surface area contributed by atoms with Crippen LogP contribution in [0.4, 0.5) is 0 Å². The van der Waals surface area contributed by atoms with E-state index >= 15 is 0 Å². The van der Waals surface area contributed by atoms with Crippen LogP contribution in [0, 0.1) is 62.1 Å². The number of carbonyl (C=O) groups is 1. The summed E-state index contributed by atoms with van der Waals surface area (Å²) in [5.74, 6) is -0.934. The number of β-lactam (4-membered cyclic amide) rings is 1. The first kappa shape index (κ1) is 15.5. The molecule has 1 saturated heterocycles. The number of aliphatic hydroxyl groups excluding tert-OH is 1. The first-order valence-corrected chi connectivity index (χ1v) is 6.72. The molecule has 1 fully saturated rings. The van der Waals surface area contributed by atoms with E-state index in [4.69, 9.17) is 0 Å². The van der Waals surface area contributed by atoms with Crippen LogP contribution in [0.2, 0.25) is 0 Å². The van der Waals surface area contributed by atoms with E-state index in [1.54, 1.807) is 6.08 Å². The third-order valence-electron chi connectivity index (χ3n) is 4.51. The summed E-state index contributed by atoms with van der Waals surface area (Å²) < 4.78 is 0. The average Bonchev–Trinajstić information content (AvgIpc) is 2.51. The lowest BCUT2D eigenvalue weighted by atomic mass is 9.57. The Morgan fingerprint density at radius 1 is 1.23 bits per heavy atom. The van der Waals surface area contributed by atoms with E-state index in [0.717, 1.165) is 0 Å². The summed E-state index contributed by atoms with van der Waals surface area (Å²) in [5.41, 5.74) is -2.91. The molecule has 0 bridgehead atoms. The van der Waals surface area contributed by atoms with Gasteiger partial charge in [0.15, 0.2) is 10.8 Å². The van der Waals surface area contributed by atoms with Crippen molar-refractivity contribution in [2.24, 2.45) is 16.7 Å². The molecule has 0 unspecified atom stereocenters. The molecule has 7 nitrogen and oxygen atoms in total. The van der Waals surface area contributed by atoms with E-state index in [9.17, 15) is 30.9 Å². The van der Waals surface area contributed by atoms with Gasteiger partial charge in [0.1, 0.15) is 0 Å². The molecule has 0 aromatic heterocycles. The van der Waals surface area contributed by atoms with Gasteiger partial charge in [-0.25, -0.2) is 0 Å². The van der Waals surface area contributed by atoms with Crippen LogP contribution in [0.5, 0.6) is 0 Å². The molecule has 110 valence electrons. The number of hydrogen-bond donors (Lipinski definition) is 2. The minimum absolute atomic E-state index is 0.0602. The number of allylic oxidation sites excluding steroid dienone is 1. The van der Waals surface area contributed by atoms with Crippen molar-refractivity contribution in [2.75, 3.05) is 0 Å². The summed E-state index contributed by atoms with van der Waals surface area (Å²) in [5, 5.41) is 49.7. The van der Waals surface area contributed by atoms with Crippen LogP contribution in [0.1, 0.15) is 19.8 Å². The van der Waals surface area contributed by atoms with Crippen LogP contribution in [-0.2, 0) is 4.79 Å². The normalized spacial score (nSPS) is 29.2. The molecule has 2 N–H and O–H groups in total. The van der Waals surface area contributed by atoms with E-state index in [1.807, 2.05) is 24.3 Å². The van der Waals surface area contributed by atoms with Crippen LogP contribution in [-0.4, -0.2) is 23.2 Å². The Morgan fingerprint density at radius 3 is 2.18 bits per heavy atom. The van der Waals surface area contributed by atoms with Gasteiger partial charge < -0.3 is 10.4 Å². The Hall–Kier alpha value is -2.87. The van der Waals surface area contributed by atoms with Crippen molar-refractivity contribution in [1.29, 1.82) is 21.0 Å². The molecule has 0 aromatic carbocycles. The molecule has 1 aliphatic heterocycles. The summed E-state index contributed by atoms with van der Waals surface area (Å²) in [6.07, 6.45) is 0.598. The predicted molar refractivity (Wildman–Crippen MR) is 71.7 cm³/mol. The third kappa shape index (κ3) is 1.85. The molecule has 1 heterocycles. The molecule has 0 radical (unpaired) electrons. The smallest absolute Gasteiger partial charge is 0.228 e. The highest BCUT2D eigenvalue weighted by Crippen LogP contribution is 2.50. The molecule has 3 atom stereocenters. The van der Waals surface area contributed by atoms with Crippen molar-refractivity contribution in [1.82, 2.24) is 5.32 Å². The summed E-state index contributed by atoms with van der Waals surface area (Å²) in [6.45, 7) is 1.50. The molecule has 0 spiro atoms. The molecule has 7 heteroatoms. The van der Waals surface area contributed by atoms with Crippen molar-refractivity contribution in [3.05, 3.63) is 11.6 Å². The second kappa shape index (κ2) is 5.15. The van der Waals surface area contributed by atoms with Crippen molar-refractivity contribution < 1.29 is 9.90 Å². The Morgan fingerprint density at radius 2 is 1.77 bits per heavy atom. The SMILES string of the molecule is C[C@@H](O)[C@H]1C(=O)N[C@@H]1C1=CCC(C#N)(C#N)C(C#N)(C#N)C1. The molecule has 1 amide bonds. The van der Waals surface area contributed by atoms with Gasteiger partial charge in [-0.05, 0) is 12.5 Å². The molecule has 0 aromatic rings. The largest absolute Gasteiger partial charge is 0.392 e. The van der Waals surface area contributed by atoms with Crippen molar-refractivity contribution in [3.63, 3.8) is 0 Å². The van der Waals surface area contributed by atoms with Gasteiger partial charge in [-0.1, -0.05) is 6.08 Å². The van der Waals surface area contributed by atoms with Gasteiger partial charge in [-0.15, -0.1) is 0 Å². The van der Waals surface area contributed by atoms with E-state index in [-0.39, 0.29) is 18.7 Å². The summed E-state index contributed by atoms with van der Waals surface area (Å²) >= 11 is 0. The van der Waals surface area contributed by atoms with Gasteiger partial charge in [0.2, 0.25) is 5.91 Å². The van der Waals surface area contributed by atoms with Gasteiger partial charge in [0.25, 0.3) is 0 Å². The second-order valence-electron chi connectivity index (χ2n) is 5.67. The van der Waals surface area contributed by atoms with E-state index < -0.39 is 28.9 Å². The maximum Gasteiger partial charge on any atom is 0.228 e. The quantitative estimate of drug-likeness (QED) is 0.552. The zero-order valence-corrected chi connectivity index (χ0v) is 11.9. The average molecular weight is 295 g/mol. The van der Waals surface area contributed by atoms with Crippen LogP contribution >= 0.6 is 0 Å². The van der Waals surface area contributed by atoms with E-state index in [2.05, 4.69) is 5.32 Å². The molecule has 1 aliphatic carbocycles. The Bertz CT molecular complexity index is 682. The Kier molecular flexibility index (Phi) is 3.63. The molecular weight excluding hydrogens is 282 g/mol. The number of nitrogens with one attached hydrogen (secondary N) is 1. The van der Waals surface area contributed by atoms with Gasteiger partial charge >= 0.3 is 0 Å². The summed E-state index contributed by atoms with van der Waals surface area (Å²) in [6, 6.07) is 6.80. The maximum atomic E-state index is 11.5. The highest BCUT2D eigenvalue weighted by molar-refractivity contribution is 5.87. The molecule has 2 rings (SSSR count). The fourth-order valence-electron chi connectivity index (χ4n) is 3.04. The van der Waals surface area contributed by atoms with Crippen LogP contribution in [0.3, 0.4) is 0 Å². The number of nitrogens with zero attached hydrogens (tertiary/aromatic N) is 4. The number of amides is 1. The highest BCUT2D eigenvalue weighted by atomic mass is 16.3. The van der Waals surface area contributed by atoms with Gasteiger partial charge in [-0.3, -0.25) is 4.79 Å². The number of hydrogen-bond acceptors (Lipinski definition) is 6. The molecule has 2 aliphatic rings. The van der Waals surface area contributed by atoms with Crippen molar-refractivity contribution in [3.8, 4) is 24.3 Å². The lowest BCUT2D eigenvalue weighted by Crippen LogP contribution is -2.63. The second-order valence-corrected chi connectivity index (χ2v) is 5.67. The van der Waals surface area contributed by atoms with Crippen LogP contribution in [0.25, 0.3) is 0 Å². The van der Waals surface area contributed by atoms with Crippen LogP contribution < -0.4 is 5.32 Å². The number of aliphatic hydroxyl groups is 1. The van der Waals surface area contributed by atoms with Gasteiger partial charge in [0.05, 0.1) is 42.3 Å². The highest BCUT2D eigenvalue weighted by Gasteiger charge is 2.58. The summed E-state index contributed by atoms with van der Waals surface area (Å²) in [7, 11) is 0. The lowest BCUT2D eigenvalue weighted by molar-refractivity contribution is -0.139. The maximum absolute atomic E-state index is 11.5. The predicted octanol–water partition coefficient (Wildman–Crippen LogP) is 0.269. The number of nitriles is 4. The lowest BCUT2D eigenvalue weighted by Gasteiger charge is -2.44. The number of carbonyl (C=O) groups excluding carboxylic acids is 1. The van der Waals surface area contributed by atoms with Crippen molar-refractivity contribution in [2.45, 2.75) is 31.9 Å². The minimum Gasteiger partial charge on any atom is -0.392 e. The summed E-state index contributed by atoms with van der Waals surface area (Å²) in [4.78, 5) is 11.5. The Balaban J connectivity index is 2.42.